The number of halogens is 3. The molecular formula is C25H31F3N8O5. The highest BCUT2D eigenvalue weighted by molar-refractivity contribution is 6.08. The first kappa shape index (κ1) is 29.9. The Morgan fingerprint density at radius 1 is 0.927 bits per heavy atom. The van der Waals surface area contributed by atoms with Crippen molar-refractivity contribution >= 4 is 35.1 Å². The maximum atomic E-state index is 13.3. The van der Waals surface area contributed by atoms with Gasteiger partial charge in [0.2, 0.25) is 5.95 Å². The van der Waals surface area contributed by atoms with Crippen molar-refractivity contribution in [2.45, 2.75) is 65.5 Å². The maximum absolute atomic E-state index is 13.3. The highest BCUT2D eigenvalue weighted by atomic mass is 19.4. The smallest absolute Gasteiger partial charge is 0.427 e. The number of aromatic nitrogens is 6. The molecule has 1 saturated heterocycles. The van der Waals surface area contributed by atoms with Crippen molar-refractivity contribution in [2.75, 3.05) is 36.1 Å². The van der Waals surface area contributed by atoms with E-state index in [4.69, 9.17) is 14.2 Å². The van der Waals surface area contributed by atoms with Gasteiger partial charge in [-0.1, -0.05) is 0 Å². The molecule has 222 valence electrons. The summed E-state index contributed by atoms with van der Waals surface area (Å²) in [5.74, 6) is 0.0202. The van der Waals surface area contributed by atoms with Gasteiger partial charge in [-0.05, 0) is 41.5 Å². The number of amides is 2. The Labute approximate surface area is 233 Å². The Bertz CT molecular complexity index is 1380. The Hall–Kier alpha value is -4.08. The molecule has 0 aromatic carbocycles. The Morgan fingerprint density at radius 2 is 1.49 bits per heavy atom. The number of rotatable bonds is 4. The van der Waals surface area contributed by atoms with Crippen molar-refractivity contribution in [3.05, 3.63) is 18.7 Å². The van der Waals surface area contributed by atoms with E-state index in [0.29, 0.717) is 37.0 Å². The number of nitrogens with zero attached hydrogens (tertiary/aromatic N) is 8. The average Bonchev–Trinajstić information content (AvgIpc) is 3.23. The van der Waals surface area contributed by atoms with E-state index >= 15 is 0 Å². The van der Waals surface area contributed by atoms with Crippen LogP contribution in [0, 0.1) is 0 Å². The summed E-state index contributed by atoms with van der Waals surface area (Å²) in [5, 5.41) is 0. The molecule has 3 aromatic rings. The number of carbonyl (C=O) groups is 2. The second kappa shape index (κ2) is 11.1. The lowest BCUT2D eigenvalue weighted by Gasteiger charge is -2.28. The number of hydrogen-bond donors (Lipinski definition) is 0. The summed E-state index contributed by atoms with van der Waals surface area (Å²) >= 11 is 0. The van der Waals surface area contributed by atoms with Crippen molar-refractivity contribution in [3.8, 4) is 11.4 Å². The van der Waals surface area contributed by atoms with Crippen molar-refractivity contribution in [3.63, 3.8) is 0 Å². The van der Waals surface area contributed by atoms with Crippen LogP contribution in [0.25, 0.3) is 22.6 Å². The minimum absolute atomic E-state index is 0.0237. The molecule has 0 unspecified atom stereocenters. The first-order valence-corrected chi connectivity index (χ1v) is 12.7. The van der Waals surface area contributed by atoms with E-state index in [1.165, 1.54) is 12.4 Å². The molecule has 2 amide bonds. The number of hydrogen-bond acceptors (Lipinski definition) is 11. The van der Waals surface area contributed by atoms with Gasteiger partial charge in [0, 0.05) is 25.5 Å². The molecule has 0 bridgehead atoms. The molecular weight excluding hydrogens is 549 g/mol. The molecule has 16 heteroatoms. The normalized spacial score (nSPS) is 14.7. The molecule has 4 rings (SSSR count). The highest BCUT2D eigenvalue weighted by Gasteiger charge is 2.35. The first-order chi connectivity index (χ1) is 19.0. The van der Waals surface area contributed by atoms with Crippen LogP contribution in [0.15, 0.2) is 18.7 Å². The van der Waals surface area contributed by atoms with Gasteiger partial charge >= 0.3 is 18.4 Å². The molecule has 13 nitrogen and oxygen atoms in total. The zero-order valence-corrected chi connectivity index (χ0v) is 23.5. The van der Waals surface area contributed by atoms with E-state index in [9.17, 15) is 22.8 Å². The van der Waals surface area contributed by atoms with Crippen LogP contribution in [0.5, 0.6) is 0 Å². The van der Waals surface area contributed by atoms with E-state index in [1.807, 2.05) is 4.90 Å². The van der Waals surface area contributed by atoms with Gasteiger partial charge in [-0.2, -0.15) is 13.2 Å². The molecule has 3 aromatic heterocycles. The SMILES string of the molecule is CC(C)(C)OC(=O)N(C(=O)OC(C)(C)C)c1ncc(-c2nc(N3CCOCC3)c3ncn(CC(F)(F)F)c3n2)cn1. The standard InChI is InChI=1S/C25H31F3N8O5/c1-23(2,3)40-21(37)36(22(38)41-24(4,5)6)20-29-11-15(12-30-20)17-32-18(34-7-9-39-10-8-34)16-19(33-17)35(14-31-16)13-25(26,27)28/h11-12,14H,7-10,13H2,1-6H3. The third-order valence-corrected chi connectivity index (χ3v) is 5.35. The zero-order chi connectivity index (χ0) is 30.2. The fourth-order valence-electron chi connectivity index (χ4n) is 3.77. The fraction of sp³-hybridized carbons (Fsp3) is 0.560. The fourth-order valence-corrected chi connectivity index (χ4v) is 3.77. The number of imidazole rings is 1. The second-order valence-electron chi connectivity index (χ2n) is 11.2. The maximum Gasteiger partial charge on any atom is 0.427 e. The number of anilines is 2. The van der Waals surface area contributed by atoms with Gasteiger partial charge < -0.3 is 23.7 Å². The van der Waals surface area contributed by atoms with Crippen LogP contribution in [-0.4, -0.2) is 85.4 Å². The molecule has 4 heterocycles. The number of imide groups is 1. The summed E-state index contributed by atoms with van der Waals surface area (Å²) in [6.07, 6.45) is -3.04. The van der Waals surface area contributed by atoms with E-state index in [-0.39, 0.29) is 28.5 Å². The van der Waals surface area contributed by atoms with Crippen LogP contribution in [0.3, 0.4) is 0 Å². The minimum atomic E-state index is -4.50. The van der Waals surface area contributed by atoms with Crippen LogP contribution >= 0.6 is 0 Å². The Morgan fingerprint density at radius 3 is 2.00 bits per heavy atom. The van der Waals surface area contributed by atoms with E-state index < -0.39 is 36.1 Å². The summed E-state index contributed by atoms with van der Waals surface area (Å²) in [6.45, 7) is 10.2. The summed E-state index contributed by atoms with van der Waals surface area (Å²) in [6, 6.07) is 0. The molecule has 0 atom stereocenters. The number of fused-ring (bicyclic) bond motifs is 1. The number of alkyl halides is 3. The number of carbonyl (C=O) groups excluding carboxylic acids is 2. The molecule has 1 aliphatic heterocycles. The molecule has 0 saturated carbocycles. The van der Waals surface area contributed by atoms with Crippen LogP contribution in [0.1, 0.15) is 41.5 Å². The average molecular weight is 581 g/mol. The Balaban J connectivity index is 1.75. The van der Waals surface area contributed by atoms with E-state index in [1.54, 1.807) is 41.5 Å². The zero-order valence-electron chi connectivity index (χ0n) is 23.5. The molecule has 1 aliphatic rings. The van der Waals surface area contributed by atoms with Crippen molar-refractivity contribution in [2.24, 2.45) is 0 Å². The summed E-state index contributed by atoms with van der Waals surface area (Å²) in [4.78, 5) is 49.6. The number of ether oxygens (including phenoxy) is 3. The van der Waals surface area contributed by atoms with E-state index in [0.717, 1.165) is 10.9 Å². The Kier molecular flexibility index (Phi) is 8.07. The quantitative estimate of drug-likeness (QED) is 0.435. The van der Waals surface area contributed by atoms with Crippen molar-refractivity contribution in [1.82, 2.24) is 29.5 Å². The predicted molar refractivity (Wildman–Crippen MR) is 140 cm³/mol. The molecule has 0 N–H and O–H groups in total. The second-order valence-corrected chi connectivity index (χ2v) is 11.2. The summed E-state index contributed by atoms with van der Waals surface area (Å²) in [7, 11) is 0. The molecule has 1 fully saturated rings. The van der Waals surface area contributed by atoms with Crippen LogP contribution in [0.4, 0.5) is 34.5 Å². The van der Waals surface area contributed by atoms with Gasteiger partial charge in [0.1, 0.15) is 17.7 Å². The monoisotopic (exact) mass is 580 g/mol. The number of morpholine rings is 1. The molecule has 0 spiro atoms. The van der Waals surface area contributed by atoms with Gasteiger partial charge in [-0.3, -0.25) is 0 Å². The van der Waals surface area contributed by atoms with Gasteiger partial charge in [-0.15, -0.1) is 4.90 Å². The third-order valence-electron chi connectivity index (χ3n) is 5.35. The summed E-state index contributed by atoms with van der Waals surface area (Å²) in [5.41, 5.74) is -1.47. The largest absolute Gasteiger partial charge is 0.443 e. The van der Waals surface area contributed by atoms with Crippen LogP contribution < -0.4 is 9.80 Å². The first-order valence-electron chi connectivity index (χ1n) is 12.7. The van der Waals surface area contributed by atoms with Crippen molar-refractivity contribution in [1.29, 1.82) is 0 Å². The molecule has 0 radical (unpaired) electrons. The van der Waals surface area contributed by atoms with Gasteiger partial charge in [0.05, 0.1) is 25.1 Å². The third kappa shape index (κ3) is 7.56. The lowest BCUT2D eigenvalue weighted by molar-refractivity contribution is -0.140. The molecule has 41 heavy (non-hydrogen) atoms. The van der Waals surface area contributed by atoms with Gasteiger partial charge in [0.25, 0.3) is 0 Å². The topological polar surface area (TPSA) is 138 Å². The van der Waals surface area contributed by atoms with Gasteiger partial charge in [-0.25, -0.2) is 34.5 Å². The minimum Gasteiger partial charge on any atom is -0.443 e. The lowest BCUT2D eigenvalue weighted by atomic mass is 10.2. The van der Waals surface area contributed by atoms with E-state index in [2.05, 4.69) is 24.9 Å². The van der Waals surface area contributed by atoms with Crippen molar-refractivity contribution < 1.29 is 37.0 Å². The molecule has 0 aliphatic carbocycles. The predicted octanol–water partition coefficient (Wildman–Crippen LogP) is 4.36. The van der Waals surface area contributed by atoms with Gasteiger partial charge in [0.15, 0.2) is 22.8 Å². The summed E-state index contributed by atoms with van der Waals surface area (Å²) < 4.78 is 56.8. The highest BCUT2D eigenvalue weighted by Crippen LogP contribution is 2.29. The lowest BCUT2D eigenvalue weighted by Crippen LogP contribution is -2.44. The van der Waals surface area contributed by atoms with Crippen LogP contribution in [-0.2, 0) is 20.8 Å². The van der Waals surface area contributed by atoms with Crippen LogP contribution in [0.2, 0.25) is 0 Å².